The number of nitrogens with zero attached hydrogens (tertiary/aromatic N) is 3. The molecule has 1 N–H and O–H groups in total. The topological polar surface area (TPSA) is 69.0 Å². The van der Waals surface area contributed by atoms with E-state index < -0.39 is 0 Å². The van der Waals surface area contributed by atoms with E-state index in [2.05, 4.69) is 20.1 Å². The van der Waals surface area contributed by atoms with Gasteiger partial charge in [-0.15, -0.1) is 10.2 Å². The van der Waals surface area contributed by atoms with Gasteiger partial charge in [0.25, 0.3) is 0 Å². The van der Waals surface area contributed by atoms with Gasteiger partial charge in [-0.25, -0.2) is 0 Å². The van der Waals surface area contributed by atoms with Crippen LogP contribution in [0.5, 0.6) is 5.75 Å². The zero-order chi connectivity index (χ0) is 17.1. The van der Waals surface area contributed by atoms with Crippen molar-refractivity contribution in [3.8, 4) is 5.75 Å². The Balaban J connectivity index is 1.40. The number of ether oxygens (including phenoxy) is 1. The highest BCUT2D eigenvalue weighted by Gasteiger charge is 2.24. The molecule has 6 nitrogen and oxygen atoms in total. The lowest BCUT2D eigenvalue weighted by molar-refractivity contribution is -0.125. The molecule has 0 saturated carbocycles. The van der Waals surface area contributed by atoms with E-state index in [0.29, 0.717) is 13.2 Å². The molecule has 0 unspecified atom stereocenters. The second-order valence-corrected chi connectivity index (χ2v) is 6.86. The Morgan fingerprint density at radius 2 is 2.16 bits per heavy atom. The van der Waals surface area contributed by atoms with Gasteiger partial charge >= 0.3 is 0 Å². The maximum absolute atomic E-state index is 12.7. The summed E-state index contributed by atoms with van der Waals surface area (Å²) in [6.07, 6.45) is 6.00. The summed E-state index contributed by atoms with van der Waals surface area (Å²) in [4.78, 5) is 12.7. The number of para-hydroxylation sites is 1. The zero-order valence-corrected chi connectivity index (χ0v) is 14.4. The highest BCUT2D eigenvalue weighted by atomic mass is 16.5. The van der Waals surface area contributed by atoms with Crippen molar-refractivity contribution in [3.05, 3.63) is 41.5 Å². The number of hydrogen-bond donors (Lipinski definition) is 1. The maximum Gasteiger partial charge on any atom is 0.223 e. The summed E-state index contributed by atoms with van der Waals surface area (Å²) in [5.41, 5.74) is 1.11. The average molecular weight is 340 g/mol. The lowest BCUT2D eigenvalue weighted by Crippen LogP contribution is -2.32. The van der Waals surface area contributed by atoms with Gasteiger partial charge in [0.15, 0.2) is 5.82 Å². The fourth-order valence-corrected chi connectivity index (χ4v) is 3.70. The molecule has 0 fully saturated rings. The smallest absolute Gasteiger partial charge is 0.223 e. The summed E-state index contributed by atoms with van der Waals surface area (Å²) in [6.45, 7) is 1.98. The molecule has 132 valence electrons. The number of carbonyl (C=O) groups is 1. The van der Waals surface area contributed by atoms with Crippen LogP contribution in [0.25, 0.3) is 0 Å². The molecule has 2 aliphatic rings. The minimum atomic E-state index is -0.0600. The first-order chi connectivity index (χ1) is 12.3. The molecule has 1 atom stereocenters. The Hall–Kier alpha value is -2.37. The first-order valence-corrected chi connectivity index (χ1v) is 9.20. The summed E-state index contributed by atoms with van der Waals surface area (Å²) in [7, 11) is 0. The summed E-state index contributed by atoms with van der Waals surface area (Å²) >= 11 is 0. The van der Waals surface area contributed by atoms with E-state index >= 15 is 0 Å². The second kappa shape index (κ2) is 7.25. The van der Waals surface area contributed by atoms with E-state index in [0.717, 1.165) is 55.2 Å². The van der Waals surface area contributed by atoms with Crippen LogP contribution in [0, 0.1) is 5.92 Å². The van der Waals surface area contributed by atoms with Gasteiger partial charge in [-0.2, -0.15) is 0 Å². The number of aromatic nitrogens is 3. The Morgan fingerprint density at radius 1 is 1.24 bits per heavy atom. The molecule has 25 heavy (non-hydrogen) atoms. The van der Waals surface area contributed by atoms with Gasteiger partial charge in [-0.05, 0) is 37.3 Å². The van der Waals surface area contributed by atoms with Crippen molar-refractivity contribution < 1.29 is 9.53 Å². The molecule has 1 amide bonds. The highest BCUT2D eigenvalue weighted by molar-refractivity contribution is 5.79. The van der Waals surface area contributed by atoms with Crippen molar-refractivity contribution in [2.24, 2.45) is 5.92 Å². The van der Waals surface area contributed by atoms with Gasteiger partial charge in [-0.1, -0.05) is 24.6 Å². The fraction of sp³-hybridized carbons (Fsp3) is 0.526. The van der Waals surface area contributed by atoms with E-state index in [4.69, 9.17) is 4.74 Å². The summed E-state index contributed by atoms with van der Waals surface area (Å²) < 4.78 is 7.94. The van der Waals surface area contributed by atoms with Gasteiger partial charge in [-0.3, -0.25) is 4.79 Å². The van der Waals surface area contributed by atoms with Gasteiger partial charge in [0, 0.05) is 18.9 Å². The van der Waals surface area contributed by atoms with Crippen molar-refractivity contribution in [1.82, 2.24) is 20.1 Å². The molecule has 6 heteroatoms. The molecule has 0 saturated heterocycles. The van der Waals surface area contributed by atoms with Crippen molar-refractivity contribution in [2.45, 2.75) is 51.6 Å². The molecule has 2 aliphatic heterocycles. The Labute approximate surface area is 147 Å². The van der Waals surface area contributed by atoms with Crippen LogP contribution in [0.2, 0.25) is 0 Å². The third-order valence-corrected chi connectivity index (χ3v) is 5.14. The molecule has 4 rings (SSSR count). The van der Waals surface area contributed by atoms with Crippen LogP contribution in [-0.4, -0.2) is 27.3 Å². The Bertz CT molecular complexity index is 756. The fourth-order valence-electron chi connectivity index (χ4n) is 3.70. The minimum Gasteiger partial charge on any atom is -0.493 e. The predicted molar refractivity (Wildman–Crippen MR) is 93.2 cm³/mol. The van der Waals surface area contributed by atoms with E-state index in [1.807, 2.05) is 24.3 Å². The number of carbonyl (C=O) groups excluding carboxylic acids is 1. The van der Waals surface area contributed by atoms with Crippen LogP contribution in [0.1, 0.15) is 42.9 Å². The van der Waals surface area contributed by atoms with Gasteiger partial charge in [0.1, 0.15) is 11.6 Å². The van der Waals surface area contributed by atoms with E-state index in [-0.39, 0.29) is 11.8 Å². The molecule has 0 radical (unpaired) electrons. The number of nitrogens with one attached hydrogen (secondary N) is 1. The van der Waals surface area contributed by atoms with E-state index in [9.17, 15) is 4.79 Å². The number of rotatable bonds is 3. The van der Waals surface area contributed by atoms with Crippen LogP contribution >= 0.6 is 0 Å². The van der Waals surface area contributed by atoms with Gasteiger partial charge < -0.3 is 14.6 Å². The summed E-state index contributed by atoms with van der Waals surface area (Å²) in [5.74, 6) is 2.84. The number of amides is 1. The molecular weight excluding hydrogens is 316 g/mol. The SMILES string of the molecule is O=C(NCc1nnc2n1CCCCC2)[C@@H]1CCOc2ccccc2C1. The highest BCUT2D eigenvalue weighted by Crippen LogP contribution is 2.26. The molecule has 3 heterocycles. The minimum absolute atomic E-state index is 0.0600. The summed E-state index contributed by atoms with van der Waals surface area (Å²) in [6, 6.07) is 7.98. The number of aryl methyl sites for hydroxylation is 1. The van der Waals surface area contributed by atoms with Crippen molar-refractivity contribution in [2.75, 3.05) is 6.61 Å². The number of benzene rings is 1. The standard InChI is InChI=1S/C19H24N4O2/c24-19(15-9-11-25-16-7-4-3-6-14(16)12-15)20-13-18-22-21-17-8-2-1-5-10-23(17)18/h3-4,6-7,15H,1-2,5,8-13H2,(H,20,24)/t15-/m1/s1. The lowest BCUT2D eigenvalue weighted by Gasteiger charge is -2.14. The van der Waals surface area contributed by atoms with Crippen LogP contribution in [0.3, 0.4) is 0 Å². The van der Waals surface area contributed by atoms with Crippen molar-refractivity contribution >= 4 is 5.91 Å². The molecular formula is C19H24N4O2. The number of fused-ring (bicyclic) bond motifs is 2. The number of hydrogen-bond acceptors (Lipinski definition) is 4. The predicted octanol–water partition coefficient (Wildman–Crippen LogP) is 2.26. The molecule has 0 spiro atoms. The van der Waals surface area contributed by atoms with Crippen LogP contribution in [0.15, 0.2) is 24.3 Å². The van der Waals surface area contributed by atoms with Crippen LogP contribution < -0.4 is 10.1 Å². The molecule has 0 aliphatic carbocycles. The molecule has 0 bridgehead atoms. The van der Waals surface area contributed by atoms with Gasteiger partial charge in [0.05, 0.1) is 13.2 Å². The Kier molecular flexibility index (Phi) is 4.68. The largest absolute Gasteiger partial charge is 0.493 e. The third-order valence-electron chi connectivity index (χ3n) is 5.14. The van der Waals surface area contributed by atoms with E-state index in [1.165, 1.54) is 12.8 Å². The van der Waals surface area contributed by atoms with Gasteiger partial charge in [0.2, 0.25) is 5.91 Å². The first kappa shape index (κ1) is 16.1. The Morgan fingerprint density at radius 3 is 3.12 bits per heavy atom. The van der Waals surface area contributed by atoms with E-state index in [1.54, 1.807) is 0 Å². The average Bonchev–Trinajstić information content (AvgIpc) is 2.82. The van der Waals surface area contributed by atoms with Crippen molar-refractivity contribution in [1.29, 1.82) is 0 Å². The second-order valence-electron chi connectivity index (χ2n) is 6.86. The lowest BCUT2D eigenvalue weighted by atomic mass is 9.96. The first-order valence-electron chi connectivity index (χ1n) is 9.20. The monoisotopic (exact) mass is 340 g/mol. The molecule has 2 aromatic rings. The molecule has 1 aromatic carbocycles. The molecule has 1 aromatic heterocycles. The third kappa shape index (κ3) is 3.52. The van der Waals surface area contributed by atoms with Crippen LogP contribution in [-0.2, 0) is 30.7 Å². The normalized spacial score (nSPS) is 19.8. The summed E-state index contributed by atoms with van der Waals surface area (Å²) in [5, 5.41) is 11.6. The maximum atomic E-state index is 12.7. The van der Waals surface area contributed by atoms with Crippen molar-refractivity contribution in [3.63, 3.8) is 0 Å². The van der Waals surface area contributed by atoms with Crippen LogP contribution in [0.4, 0.5) is 0 Å². The quantitative estimate of drug-likeness (QED) is 0.930. The zero-order valence-electron chi connectivity index (χ0n) is 14.4.